The van der Waals surface area contributed by atoms with Gasteiger partial charge >= 0.3 is 0 Å². The Hall–Kier alpha value is -1.65. The number of hydrogen-bond donors (Lipinski definition) is 1. The predicted octanol–water partition coefficient (Wildman–Crippen LogP) is 2.33. The lowest BCUT2D eigenvalue weighted by Crippen LogP contribution is -2.31. The smallest absolute Gasteiger partial charge is 0.272 e. The molecule has 0 aliphatic carbocycles. The highest BCUT2D eigenvalue weighted by molar-refractivity contribution is 5.92. The summed E-state index contributed by atoms with van der Waals surface area (Å²) in [5, 5.41) is 3.16. The van der Waals surface area contributed by atoms with Gasteiger partial charge in [0.05, 0.1) is 0 Å². The summed E-state index contributed by atoms with van der Waals surface area (Å²) in [6.45, 7) is 12.2. The van der Waals surface area contributed by atoms with E-state index >= 15 is 0 Å². The van der Waals surface area contributed by atoms with Gasteiger partial charge in [0, 0.05) is 25.3 Å². The molecule has 1 aromatic heterocycles. The van der Waals surface area contributed by atoms with Crippen LogP contribution in [0.15, 0.2) is 6.07 Å². The quantitative estimate of drug-likeness (QED) is 0.856. The molecule has 0 aliphatic heterocycles. The first-order valence-electron chi connectivity index (χ1n) is 6.86. The lowest BCUT2D eigenvalue weighted by molar-refractivity contribution is 0.0767. The molecule has 1 N–H and O–H groups in total. The van der Waals surface area contributed by atoms with Gasteiger partial charge in [-0.15, -0.1) is 0 Å². The molecular formula is C14H24N4O. The molecule has 0 bridgehead atoms. The van der Waals surface area contributed by atoms with Crippen molar-refractivity contribution in [1.29, 1.82) is 0 Å². The van der Waals surface area contributed by atoms with Crippen LogP contribution in [0.3, 0.4) is 0 Å². The summed E-state index contributed by atoms with van der Waals surface area (Å²) in [6, 6.07) is 1.74. The van der Waals surface area contributed by atoms with Crippen molar-refractivity contribution in [3.05, 3.63) is 17.5 Å². The zero-order valence-electron chi connectivity index (χ0n) is 12.5. The van der Waals surface area contributed by atoms with Gasteiger partial charge in [-0.3, -0.25) is 4.79 Å². The van der Waals surface area contributed by atoms with E-state index in [-0.39, 0.29) is 5.91 Å². The number of nitrogens with one attached hydrogen (secondary N) is 1. The maximum atomic E-state index is 12.3. The molecule has 0 unspecified atom stereocenters. The average molecular weight is 264 g/mol. The van der Waals surface area contributed by atoms with Gasteiger partial charge in [0.15, 0.2) is 0 Å². The van der Waals surface area contributed by atoms with E-state index in [1.54, 1.807) is 11.0 Å². The van der Waals surface area contributed by atoms with Gasteiger partial charge in [-0.2, -0.15) is 0 Å². The third-order valence-electron chi connectivity index (χ3n) is 2.79. The summed E-state index contributed by atoms with van der Waals surface area (Å²) < 4.78 is 0. The van der Waals surface area contributed by atoms with Crippen LogP contribution < -0.4 is 5.32 Å². The third kappa shape index (κ3) is 4.50. The zero-order chi connectivity index (χ0) is 14.4. The van der Waals surface area contributed by atoms with Crippen molar-refractivity contribution in [2.75, 3.05) is 25.0 Å². The monoisotopic (exact) mass is 264 g/mol. The molecule has 0 aromatic carbocycles. The second-order valence-corrected chi connectivity index (χ2v) is 4.97. The number of amides is 1. The molecule has 106 valence electrons. The maximum Gasteiger partial charge on any atom is 0.272 e. The highest BCUT2D eigenvalue weighted by atomic mass is 16.2. The van der Waals surface area contributed by atoms with Crippen molar-refractivity contribution in [3.8, 4) is 0 Å². The maximum absolute atomic E-state index is 12.3. The van der Waals surface area contributed by atoms with Crippen LogP contribution in [0.4, 0.5) is 5.95 Å². The van der Waals surface area contributed by atoms with Gasteiger partial charge in [-0.25, -0.2) is 9.97 Å². The predicted molar refractivity (Wildman–Crippen MR) is 77.3 cm³/mol. The van der Waals surface area contributed by atoms with E-state index in [2.05, 4.69) is 29.1 Å². The number of nitrogens with zero attached hydrogens (tertiary/aromatic N) is 3. The fourth-order valence-electron chi connectivity index (χ4n) is 1.73. The Labute approximate surface area is 115 Å². The molecule has 5 heteroatoms. The molecule has 0 atom stereocenters. The Morgan fingerprint density at radius 1 is 1.32 bits per heavy atom. The van der Waals surface area contributed by atoms with Crippen LogP contribution in [-0.2, 0) is 0 Å². The molecular weight excluding hydrogens is 240 g/mol. The molecule has 0 radical (unpaired) electrons. The van der Waals surface area contributed by atoms with E-state index in [1.165, 1.54) is 0 Å². The second-order valence-electron chi connectivity index (χ2n) is 4.97. The minimum absolute atomic E-state index is 0.0388. The van der Waals surface area contributed by atoms with Crippen molar-refractivity contribution in [1.82, 2.24) is 14.9 Å². The van der Waals surface area contributed by atoms with Crippen LogP contribution in [0.5, 0.6) is 0 Å². The van der Waals surface area contributed by atoms with Gasteiger partial charge in [0.25, 0.3) is 5.91 Å². The van der Waals surface area contributed by atoms with E-state index in [9.17, 15) is 4.79 Å². The molecule has 1 aromatic rings. The molecule has 1 heterocycles. The van der Waals surface area contributed by atoms with E-state index in [0.717, 1.165) is 12.2 Å². The molecule has 1 amide bonds. The third-order valence-corrected chi connectivity index (χ3v) is 2.79. The number of aromatic nitrogens is 2. The summed E-state index contributed by atoms with van der Waals surface area (Å²) in [5.74, 6) is 0.998. The molecule has 0 saturated carbocycles. The molecule has 1 rings (SSSR count). The van der Waals surface area contributed by atoms with Crippen molar-refractivity contribution < 1.29 is 4.79 Å². The van der Waals surface area contributed by atoms with Crippen molar-refractivity contribution >= 4 is 11.9 Å². The van der Waals surface area contributed by atoms with E-state index in [0.29, 0.717) is 30.6 Å². The average Bonchev–Trinajstić information content (AvgIpc) is 2.37. The first-order valence-corrected chi connectivity index (χ1v) is 6.86. The number of aryl methyl sites for hydroxylation is 1. The Morgan fingerprint density at radius 3 is 2.47 bits per heavy atom. The summed E-state index contributed by atoms with van der Waals surface area (Å²) in [5.41, 5.74) is 1.26. The van der Waals surface area contributed by atoms with E-state index < -0.39 is 0 Å². The van der Waals surface area contributed by atoms with Gasteiger partial charge in [-0.1, -0.05) is 13.8 Å². The number of carbonyl (C=O) groups is 1. The standard InChI is InChI=1S/C14H24N4O/c1-6-18(7-2)13(19)12-8-11(5)16-14(17-12)15-9-10(3)4/h8,10H,6-7,9H2,1-5H3,(H,15,16,17). The largest absolute Gasteiger partial charge is 0.354 e. The summed E-state index contributed by atoms with van der Waals surface area (Å²) in [7, 11) is 0. The summed E-state index contributed by atoms with van der Waals surface area (Å²) in [6.07, 6.45) is 0. The lowest BCUT2D eigenvalue weighted by Gasteiger charge is -2.18. The van der Waals surface area contributed by atoms with Gasteiger partial charge in [0.1, 0.15) is 5.69 Å². The molecule has 0 aliphatic rings. The molecule has 0 fully saturated rings. The Balaban J connectivity index is 2.92. The molecule has 0 saturated heterocycles. The first kappa shape index (κ1) is 15.4. The van der Waals surface area contributed by atoms with Crippen LogP contribution in [0.25, 0.3) is 0 Å². The number of carbonyl (C=O) groups excluding carboxylic acids is 1. The minimum Gasteiger partial charge on any atom is -0.354 e. The lowest BCUT2D eigenvalue weighted by atomic mass is 10.2. The van der Waals surface area contributed by atoms with Crippen LogP contribution in [0, 0.1) is 12.8 Å². The minimum atomic E-state index is -0.0388. The first-order chi connectivity index (χ1) is 8.97. The van der Waals surface area contributed by atoms with Crippen molar-refractivity contribution in [2.45, 2.75) is 34.6 Å². The van der Waals surface area contributed by atoms with E-state index in [1.807, 2.05) is 20.8 Å². The van der Waals surface area contributed by atoms with Crippen molar-refractivity contribution in [2.24, 2.45) is 5.92 Å². The topological polar surface area (TPSA) is 58.1 Å². The number of hydrogen-bond acceptors (Lipinski definition) is 4. The van der Waals surface area contributed by atoms with Crippen molar-refractivity contribution in [3.63, 3.8) is 0 Å². The van der Waals surface area contributed by atoms with Gasteiger partial charge in [0.2, 0.25) is 5.95 Å². The zero-order valence-corrected chi connectivity index (χ0v) is 12.5. The number of rotatable bonds is 6. The number of anilines is 1. The van der Waals surface area contributed by atoms with Gasteiger partial charge < -0.3 is 10.2 Å². The summed E-state index contributed by atoms with van der Waals surface area (Å²) >= 11 is 0. The summed E-state index contributed by atoms with van der Waals surface area (Å²) in [4.78, 5) is 22.6. The van der Waals surface area contributed by atoms with Gasteiger partial charge in [-0.05, 0) is 32.8 Å². The highest BCUT2D eigenvalue weighted by Gasteiger charge is 2.15. The SMILES string of the molecule is CCN(CC)C(=O)c1cc(C)nc(NCC(C)C)n1. The van der Waals surface area contributed by atoms with Crippen LogP contribution >= 0.6 is 0 Å². The van der Waals surface area contributed by atoms with Crippen LogP contribution in [-0.4, -0.2) is 40.4 Å². The Bertz CT molecular complexity index is 427. The van der Waals surface area contributed by atoms with Crippen LogP contribution in [0.1, 0.15) is 43.9 Å². The molecule has 0 spiro atoms. The fraction of sp³-hybridized carbons (Fsp3) is 0.643. The highest BCUT2D eigenvalue weighted by Crippen LogP contribution is 2.08. The van der Waals surface area contributed by atoms with E-state index in [4.69, 9.17) is 0 Å². The fourth-order valence-corrected chi connectivity index (χ4v) is 1.73. The normalized spacial score (nSPS) is 10.6. The molecule has 19 heavy (non-hydrogen) atoms. The Kier molecular flexibility index (Phi) is 5.73. The Morgan fingerprint density at radius 2 is 1.95 bits per heavy atom. The van der Waals surface area contributed by atoms with Crippen LogP contribution in [0.2, 0.25) is 0 Å². The second kappa shape index (κ2) is 7.07. The molecule has 5 nitrogen and oxygen atoms in total.